The number of methoxy groups -OCH3 is 1. The summed E-state index contributed by atoms with van der Waals surface area (Å²) in [5.74, 6) is 1.85. The Morgan fingerprint density at radius 1 is 1.07 bits per heavy atom. The van der Waals surface area contributed by atoms with E-state index in [-0.39, 0.29) is 4.90 Å². The lowest BCUT2D eigenvalue weighted by atomic mass is 10.3. The Balaban J connectivity index is 1.57. The lowest BCUT2D eigenvalue weighted by Gasteiger charge is -2.34. The molecular formula is C17H20N6O3S. The summed E-state index contributed by atoms with van der Waals surface area (Å²) in [6.07, 6.45) is 3.52. The van der Waals surface area contributed by atoms with Crippen LogP contribution in [0.3, 0.4) is 0 Å². The molecule has 0 saturated carbocycles. The van der Waals surface area contributed by atoms with Crippen LogP contribution in [0.2, 0.25) is 0 Å². The number of ether oxygens (including phenoxy) is 1. The summed E-state index contributed by atoms with van der Waals surface area (Å²) in [6.45, 7) is 3.63. The van der Waals surface area contributed by atoms with Crippen molar-refractivity contribution in [1.29, 1.82) is 0 Å². The van der Waals surface area contributed by atoms with Crippen LogP contribution < -0.4 is 9.64 Å². The fourth-order valence-corrected chi connectivity index (χ4v) is 4.84. The summed E-state index contributed by atoms with van der Waals surface area (Å²) >= 11 is 0. The highest BCUT2D eigenvalue weighted by molar-refractivity contribution is 7.89. The molecule has 142 valence electrons. The van der Waals surface area contributed by atoms with Crippen LogP contribution in [0.15, 0.2) is 41.6 Å². The topological polar surface area (TPSA) is 92.9 Å². The van der Waals surface area contributed by atoms with Gasteiger partial charge in [-0.25, -0.2) is 13.4 Å². The molecule has 0 spiro atoms. The Kier molecular flexibility index (Phi) is 4.44. The number of benzene rings is 1. The van der Waals surface area contributed by atoms with Crippen molar-refractivity contribution in [3.05, 3.63) is 42.5 Å². The van der Waals surface area contributed by atoms with Crippen molar-refractivity contribution < 1.29 is 13.2 Å². The SMILES string of the molecule is COc1ccccc1S(=O)(=O)N1CCN(c2nccn3c(C)nnc23)CC1. The van der Waals surface area contributed by atoms with Gasteiger partial charge in [0.05, 0.1) is 7.11 Å². The van der Waals surface area contributed by atoms with Gasteiger partial charge in [-0.2, -0.15) is 4.31 Å². The molecular weight excluding hydrogens is 368 g/mol. The molecule has 0 unspecified atom stereocenters. The fraction of sp³-hybridized carbons (Fsp3) is 0.353. The zero-order chi connectivity index (χ0) is 19.0. The van der Waals surface area contributed by atoms with Gasteiger partial charge >= 0.3 is 0 Å². The molecule has 3 heterocycles. The number of fused-ring (bicyclic) bond motifs is 1. The van der Waals surface area contributed by atoms with Gasteiger partial charge in [-0.3, -0.25) is 4.40 Å². The molecule has 0 N–H and O–H groups in total. The van der Waals surface area contributed by atoms with Gasteiger partial charge in [0.25, 0.3) is 0 Å². The fourth-order valence-electron chi connectivity index (χ4n) is 3.26. The number of sulfonamides is 1. The third-order valence-electron chi connectivity index (χ3n) is 4.70. The molecule has 1 saturated heterocycles. The maximum absolute atomic E-state index is 13.0. The molecule has 0 aliphatic carbocycles. The number of hydrogen-bond acceptors (Lipinski definition) is 7. The highest BCUT2D eigenvalue weighted by atomic mass is 32.2. The van der Waals surface area contributed by atoms with Crippen LogP contribution >= 0.6 is 0 Å². The van der Waals surface area contributed by atoms with E-state index >= 15 is 0 Å². The van der Waals surface area contributed by atoms with Gasteiger partial charge in [-0.05, 0) is 19.1 Å². The van der Waals surface area contributed by atoms with Gasteiger partial charge in [0.15, 0.2) is 5.82 Å². The second-order valence-corrected chi connectivity index (χ2v) is 8.14. The first-order chi connectivity index (χ1) is 13.0. The molecule has 0 atom stereocenters. The van der Waals surface area contributed by atoms with Crippen molar-refractivity contribution >= 4 is 21.5 Å². The molecule has 1 aromatic carbocycles. The third kappa shape index (κ3) is 3.00. The maximum atomic E-state index is 13.0. The Labute approximate surface area is 157 Å². The van der Waals surface area contributed by atoms with Crippen LogP contribution in [0.1, 0.15) is 5.82 Å². The molecule has 10 heteroatoms. The molecule has 9 nitrogen and oxygen atoms in total. The van der Waals surface area contributed by atoms with Gasteiger partial charge in [-0.1, -0.05) is 12.1 Å². The predicted octanol–water partition coefficient (Wildman–Crippen LogP) is 0.952. The van der Waals surface area contributed by atoms with Gasteiger partial charge in [0, 0.05) is 38.6 Å². The van der Waals surface area contributed by atoms with E-state index in [9.17, 15) is 8.42 Å². The van der Waals surface area contributed by atoms with E-state index in [0.717, 1.165) is 5.82 Å². The zero-order valence-electron chi connectivity index (χ0n) is 15.1. The Hall–Kier alpha value is -2.72. The average Bonchev–Trinajstić information content (AvgIpc) is 3.09. The number of aromatic nitrogens is 4. The normalized spacial score (nSPS) is 16.0. The summed E-state index contributed by atoms with van der Waals surface area (Å²) in [7, 11) is -2.15. The number of aryl methyl sites for hydroxylation is 1. The first kappa shape index (κ1) is 17.7. The van der Waals surface area contributed by atoms with Crippen LogP contribution in [0.4, 0.5) is 5.82 Å². The van der Waals surface area contributed by atoms with E-state index in [2.05, 4.69) is 15.2 Å². The highest BCUT2D eigenvalue weighted by Crippen LogP contribution is 2.28. The number of nitrogens with zero attached hydrogens (tertiary/aromatic N) is 6. The van der Waals surface area contributed by atoms with E-state index in [1.165, 1.54) is 11.4 Å². The molecule has 0 amide bonds. The molecule has 0 radical (unpaired) electrons. The number of hydrogen-bond donors (Lipinski definition) is 0. The smallest absolute Gasteiger partial charge is 0.246 e. The molecule has 4 rings (SSSR count). The van der Waals surface area contributed by atoms with E-state index in [4.69, 9.17) is 4.74 Å². The molecule has 27 heavy (non-hydrogen) atoms. The Morgan fingerprint density at radius 2 is 1.81 bits per heavy atom. The Morgan fingerprint density at radius 3 is 2.56 bits per heavy atom. The van der Waals surface area contributed by atoms with Crippen molar-refractivity contribution in [2.24, 2.45) is 0 Å². The standard InChI is InChI=1S/C17H20N6O3S/c1-13-19-20-17-16(18-7-8-23(13)17)21-9-11-22(12-10-21)27(24,25)15-6-4-3-5-14(15)26-2/h3-8H,9-12H2,1-2H3. The van der Waals surface area contributed by atoms with Crippen molar-refractivity contribution in [3.63, 3.8) is 0 Å². The van der Waals surface area contributed by atoms with Crippen LogP contribution in [-0.4, -0.2) is 65.6 Å². The van der Waals surface area contributed by atoms with Crippen molar-refractivity contribution in [1.82, 2.24) is 23.9 Å². The minimum Gasteiger partial charge on any atom is -0.495 e. The minimum absolute atomic E-state index is 0.189. The second-order valence-electron chi connectivity index (χ2n) is 6.23. The summed E-state index contributed by atoms with van der Waals surface area (Å²) in [6, 6.07) is 6.68. The molecule has 1 fully saturated rings. The van der Waals surface area contributed by atoms with Crippen LogP contribution in [0.5, 0.6) is 5.75 Å². The van der Waals surface area contributed by atoms with E-state index in [1.807, 2.05) is 22.4 Å². The Bertz CT molecular complexity index is 1070. The molecule has 0 bridgehead atoms. The van der Waals surface area contributed by atoms with Crippen molar-refractivity contribution in [2.45, 2.75) is 11.8 Å². The number of rotatable bonds is 4. The molecule has 3 aromatic rings. The van der Waals surface area contributed by atoms with Crippen molar-refractivity contribution in [2.75, 3.05) is 38.2 Å². The molecule has 2 aromatic heterocycles. The monoisotopic (exact) mass is 388 g/mol. The predicted molar refractivity (Wildman–Crippen MR) is 99.5 cm³/mol. The molecule has 1 aliphatic heterocycles. The lowest BCUT2D eigenvalue weighted by molar-refractivity contribution is 0.373. The van der Waals surface area contributed by atoms with Crippen molar-refractivity contribution in [3.8, 4) is 5.75 Å². The minimum atomic E-state index is -3.62. The van der Waals surface area contributed by atoms with Crippen LogP contribution in [-0.2, 0) is 10.0 Å². The summed E-state index contributed by atoms with van der Waals surface area (Å²) in [4.78, 5) is 6.66. The molecule has 1 aliphatic rings. The lowest BCUT2D eigenvalue weighted by Crippen LogP contribution is -2.49. The van der Waals surface area contributed by atoms with E-state index in [0.29, 0.717) is 43.4 Å². The number of piperazine rings is 1. The largest absolute Gasteiger partial charge is 0.495 e. The zero-order valence-corrected chi connectivity index (χ0v) is 15.9. The van der Waals surface area contributed by atoms with E-state index < -0.39 is 10.0 Å². The van der Waals surface area contributed by atoms with Gasteiger partial charge in [-0.15, -0.1) is 10.2 Å². The number of para-hydroxylation sites is 1. The van der Waals surface area contributed by atoms with Gasteiger partial charge < -0.3 is 9.64 Å². The van der Waals surface area contributed by atoms with Crippen LogP contribution in [0.25, 0.3) is 5.65 Å². The quantitative estimate of drug-likeness (QED) is 0.657. The van der Waals surface area contributed by atoms with Crippen LogP contribution in [0, 0.1) is 6.92 Å². The third-order valence-corrected chi connectivity index (χ3v) is 6.64. The summed E-state index contributed by atoms with van der Waals surface area (Å²) in [5, 5.41) is 8.28. The summed E-state index contributed by atoms with van der Waals surface area (Å²) in [5.41, 5.74) is 0.677. The average molecular weight is 388 g/mol. The number of anilines is 1. The first-order valence-electron chi connectivity index (χ1n) is 8.57. The second kappa shape index (κ2) is 6.78. The van der Waals surface area contributed by atoms with Gasteiger partial charge in [0.2, 0.25) is 15.7 Å². The van der Waals surface area contributed by atoms with Gasteiger partial charge in [0.1, 0.15) is 16.5 Å². The highest BCUT2D eigenvalue weighted by Gasteiger charge is 2.31. The first-order valence-corrected chi connectivity index (χ1v) is 10.0. The van der Waals surface area contributed by atoms with E-state index in [1.54, 1.807) is 30.5 Å². The maximum Gasteiger partial charge on any atom is 0.246 e. The summed E-state index contributed by atoms with van der Waals surface area (Å²) < 4.78 is 34.6.